The molecule has 2 aromatic carbocycles. The smallest absolute Gasteiger partial charge is 0.416 e. The fraction of sp³-hybridized carbons (Fsp3) is 0.423. The summed E-state index contributed by atoms with van der Waals surface area (Å²) in [6.07, 6.45) is 0.0856. The van der Waals surface area contributed by atoms with E-state index in [4.69, 9.17) is 8.84 Å². The Morgan fingerprint density at radius 3 is 2.41 bits per heavy atom. The molecule has 0 amide bonds. The summed E-state index contributed by atoms with van der Waals surface area (Å²) in [5.41, 5.74) is 3.24. The van der Waals surface area contributed by atoms with Gasteiger partial charge in [-0.05, 0) is 66.7 Å². The highest BCUT2D eigenvalue weighted by Gasteiger charge is 2.40. The molecule has 1 heterocycles. The van der Waals surface area contributed by atoms with Crippen molar-refractivity contribution in [1.29, 1.82) is 0 Å². The first kappa shape index (κ1) is 24.5. The zero-order chi connectivity index (χ0) is 24.7. The highest BCUT2D eigenvalue weighted by molar-refractivity contribution is 6.74. The molecule has 4 rings (SSSR count). The van der Waals surface area contributed by atoms with Crippen LogP contribution in [0, 0.1) is 0 Å². The van der Waals surface area contributed by atoms with E-state index < -0.39 is 20.1 Å². The number of oxazole rings is 1. The van der Waals surface area contributed by atoms with Crippen LogP contribution in [0.4, 0.5) is 24.9 Å². The van der Waals surface area contributed by atoms with Crippen molar-refractivity contribution in [2.24, 2.45) is 0 Å². The minimum atomic E-state index is -4.37. The zero-order valence-corrected chi connectivity index (χ0v) is 21.2. The van der Waals surface area contributed by atoms with Crippen LogP contribution in [-0.2, 0) is 23.4 Å². The van der Waals surface area contributed by atoms with Gasteiger partial charge in [-0.3, -0.25) is 0 Å². The number of hydrogen-bond acceptors (Lipinski definition) is 4. The number of nitrogens with zero attached hydrogens (tertiary/aromatic N) is 1. The summed E-state index contributed by atoms with van der Waals surface area (Å²) < 4.78 is 51.0. The summed E-state index contributed by atoms with van der Waals surface area (Å²) in [5.74, 6) is 0.403. The molecule has 3 aromatic rings. The SMILES string of the molecule is CC(C)(C)[Si](C)(C)OC1CCc2cccc(Nc3ncc(-c4ccc(C(F)(F)F)cc4)o3)c2C1. The molecular weight excluding hydrogens is 457 g/mol. The molecule has 0 aliphatic heterocycles. The van der Waals surface area contributed by atoms with Crippen molar-refractivity contribution in [1.82, 2.24) is 4.98 Å². The molecule has 182 valence electrons. The van der Waals surface area contributed by atoms with E-state index in [2.05, 4.69) is 50.2 Å². The molecule has 0 spiro atoms. The molecule has 0 saturated carbocycles. The fourth-order valence-electron chi connectivity index (χ4n) is 3.97. The van der Waals surface area contributed by atoms with E-state index in [1.165, 1.54) is 29.5 Å². The van der Waals surface area contributed by atoms with Gasteiger partial charge in [0, 0.05) is 17.4 Å². The number of nitrogens with one attached hydrogen (secondary N) is 1. The van der Waals surface area contributed by atoms with E-state index in [0.717, 1.165) is 37.1 Å². The van der Waals surface area contributed by atoms with Crippen molar-refractivity contribution in [3.63, 3.8) is 0 Å². The fourth-order valence-corrected chi connectivity index (χ4v) is 5.36. The highest BCUT2D eigenvalue weighted by atomic mass is 28.4. The Kier molecular flexibility index (Phi) is 6.42. The molecule has 1 unspecified atom stereocenters. The number of benzene rings is 2. The Morgan fingerprint density at radius 2 is 1.76 bits per heavy atom. The minimum absolute atomic E-state index is 0.151. The van der Waals surface area contributed by atoms with Gasteiger partial charge in [-0.1, -0.05) is 45.0 Å². The Morgan fingerprint density at radius 1 is 1.06 bits per heavy atom. The van der Waals surface area contributed by atoms with Crippen molar-refractivity contribution < 1.29 is 22.0 Å². The molecule has 1 atom stereocenters. The van der Waals surface area contributed by atoms with E-state index >= 15 is 0 Å². The molecule has 4 nitrogen and oxygen atoms in total. The van der Waals surface area contributed by atoms with E-state index in [1.807, 2.05) is 12.1 Å². The lowest BCUT2D eigenvalue weighted by Gasteiger charge is -2.40. The molecule has 34 heavy (non-hydrogen) atoms. The van der Waals surface area contributed by atoms with Gasteiger partial charge in [-0.15, -0.1) is 0 Å². The highest BCUT2D eigenvalue weighted by Crippen LogP contribution is 2.40. The van der Waals surface area contributed by atoms with Gasteiger partial charge < -0.3 is 14.2 Å². The number of aryl methyl sites for hydroxylation is 1. The first-order valence-corrected chi connectivity index (χ1v) is 14.4. The standard InChI is InChI=1S/C26H31F3N2O2Si/c1-25(2,3)34(4,5)33-20-14-11-17-7-6-8-22(21(17)15-20)31-24-30-16-23(32-24)18-9-12-19(13-10-18)26(27,28)29/h6-10,12-13,16,20H,11,14-15H2,1-5H3,(H,30,31). The molecule has 1 aromatic heterocycles. The van der Waals surface area contributed by atoms with E-state index in [-0.39, 0.29) is 11.1 Å². The molecule has 8 heteroatoms. The van der Waals surface area contributed by atoms with Crippen molar-refractivity contribution in [2.45, 2.75) is 70.4 Å². The second-order valence-electron chi connectivity index (χ2n) is 10.4. The third-order valence-corrected chi connectivity index (χ3v) is 11.5. The second kappa shape index (κ2) is 8.89. The predicted molar refractivity (Wildman–Crippen MR) is 131 cm³/mol. The number of rotatable bonds is 5. The van der Waals surface area contributed by atoms with Gasteiger partial charge in [0.05, 0.1) is 11.8 Å². The van der Waals surface area contributed by atoms with Crippen LogP contribution in [0.15, 0.2) is 53.1 Å². The van der Waals surface area contributed by atoms with Gasteiger partial charge in [0.2, 0.25) is 0 Å². The Balaban J connectivity index is 1.51. The summed E-state index contributed by atoms with van der Waals surface area (Å²) in [4.78, 5) is 4.29. The van der Waals surface area contributed by atoms with Gasteiger partial charge in [-0.2, -0.15) is 13.2 Å². The van der Waals surface area contributed by atoms with Crippen molar-refractivity contribution in [2.75, 3.05) is 5.32 Å². The van der Waals surface area contributed by atoms with E-state index in [9.17, 15) is 13.2 Å². The van der Waals surface area contributed by atoms with Crippen molar-refractivity contribution in [3.8, 4) is 11.3 Å². The number of fused-ring (bicyclic) bond motifs is 1. The lowest BCUT2D eigenvalue weighted by Crippen LogP contribution is -2.45. The number of aromatic nitrogens is 1. The molecule has 0 fully saturated rings. The van der Waals surface area contributed by atoms with Crippen LogP contribution in [0.3, 0.4) is 0 Å². The molecule has 1 aliphatic rings. The van der Waals surface area contributed by atoms with Crippen LogP contribution in [0.25, 0.3) is 11.3 Å². The molecule has 1 N–H and O–H groups in total. The van der Waals surface area contributed by atoms with Crippen LogP contribution >= 0.6 is 0 Å². The first-order chi connectivity index (χ1) is 15.8. The average Bonchev–Trinajstić information content (AvgIpc) is 3.21. The predicted octanol–water partition coefficient (Wildman–Crippen LogP) is 7.98. The maximum atomic E-state index is 12.8. The Hall–Kier alpha value is -2.58. The van der Waals surface area contributed by atoms with Crippen LogP contribution < -0.4 is 5.32 Å². The molecule has 1 aliphatic carbocycles. The molecular formula is C26H31F3N2O2Si. The summed E-state index contributed by atoms with van der Waals surface area (Å²) >= 11 is 0. The largest absolute Gasteiger partial charge is 0.423 e. The minimum Gasteiger partial charge on any atom is -0.423 e. The van der Waals surface area contributed by atoms with Crippen LogP contribution in [0.5, 0.6) is 0 Å². The average molecular weight is 489 g/mol. The maximum Gasteiger partial charge on any atom is 0.416 e. The summed E-state index contributed by atoms with van der Waals surface area (Å²) in [6.45, 7) is 11.3. The second-order valence-corrected chi connectivity index (χ2v) is 15.2. The van der Waals surface area contributed by atoms with Crippen molar-refractivity contribution in [3.05, 3.63) is 65.4 Å². The Bertz CT molecular complexity index is 1150. The van der Waals surface area contributed by atoms with Gasteiger partial charge in [0.25, 0.3) is 6.01 Å². The zero-order valence-electron chi connectivity index (χ0n) is 20.2. The lowest BCUT2D eigenvalue weighted by molar-refractivity contribution is -0.137. The molecule has 0 saturated heterocycles. The summed E-state index contributed by atoms with van der Waals surface area (Å²) in [7, 11) is -1.88. The Labute approximate surface area is 199 Å². The van der Waals surface area contributed by atoms with Gasteiger partial charge in [-0.25, -0.2) is 4.98 Å². The third-order valence-electron chi connectivity index (χ3n) is 6.95. The maximum absolute atomic E-state index is 12.8. The van der Waals surface area contributed by atoms with Gasteiger partial charge >= 0.3 is 6.18 Å². The topological polar surface area (TPSA) is 47.3 Å². The van der Waals surface area contributed by atoms with E-state index in [1.54, 1.807) is 0 Å². The van der Waals surface area contributed by atoms with E-state index in [0.29, 0.717) is 17.3 Å². The quantitative estimate of drug-likeness (QED) is 0.370. The van der Waals surface area contributed by atoms with Gasteiger partial charge in [0.1, 0.15) is 0 Å². The molecule has 0 radical (unpaired) electrons. The van der Waals surface area contributed by atoms with Crippen LogP contribution in [-0.4, -0.2) is 19.4 Å². The third kappa shape index (κ3) is 5.23. The lowest BCUT2D eigenvalue weighted by atomic mass is 9.88. The monoisotopic (exact) mass is 488 g/mol. The van der Waals surface area contributed by atoms with Crippen LogP contribution in [0.1, 0.15) is 43.9 Å². The van der Waals surface area contributed by atoms with Crippen molar-refractivity contribution >= 4 is 20.0 Å². The number of hydrogen-bond donors (Lipinski definition) is 1. The number of halogens is 3. The summed E-state index contributed by atoms with van der Waals surface area (Å²) in [5, 5.41) is 3.42. The molecule has 0 bridgehead atoms. The number of anilines is 2. The first-order valence-electron chi connectivity index (χ1n) is 11.5. The summed E-state index contributed by atoms with van der Waals surface area (Å²) in [6, 6.07) is 11.3. The normalized spacial score (nSPS) is 16.9. The number of alkyl halides is 3. The van der Waals surface area contributed by atoms with Crippen LogP contribution in [0.2, 0.25) is 18.1 Å². The van der Waals surface area contributed by atoms with Gasteiger partial charge in [0.15, 0.2) is 14.1 Å².